The lowest BCUT2D eigenvalue weighted by atomic mass is 10.0. The van der Waals surface area contributed by atoms with Gasteiger partial charge in [-0.25, -0.2) is 14.3 Å². The molecule has 0 radical (unpaired) electrons. The number of nitrogens with two attached hydrogens (primary N) is 1. The molecule has 0 aromatic heterocycles. The first-order valence-electron chi connectivity index (χ1n) is 11.4. The van der Waals surface area contributed by atoms with Crippen LogP contribution in [0.2, 0.25) is 0 Å². The Morgan fingerprint density at radius 2 is 1.97 bits per heavy atom. The third-order valence-corrected chi connectivity index (χ3v) is 7.06. The van der Waals surface area contributed by atoms with Crippen molar-refractivity contribution in [3.8, 4) is 5.75 Å². The predicted octanol–water partition coefficient (Wildman–Crippen LogP) is -0.222. The molecule has 1 fully saturated rings. The van der Waals surface area contributed by atoms with Gasteiger partial charge in [-0.3, -0.25) is 14.6 Å². The maximum absolute atomic E-state index is 13.6. The molecule has 7 N–H and O–H groups in total. The molecule has 37 heavy (non-hydrogen) atoms. The van der Waals surface area contributed by atoms with Gasteiger partial charge in [-0.15, -0.1) is 0 Å². The van der Waals surface area contributed by atoms with E-state index in [1.165, 1.54) is 26.0 Å². The van der Waals surface area contributed by atoms with E-state index >= 15 is 0 Å². The predicted molar refractivity (Wildman–Crippen MR) is 127 cm³/mol. The molecule has 1 saturated heterocycles. The minimum atomic E-state index is -4.26. The van der Waals surface area contributed by atoms with E-state index in [0.29, 0.717) is 4.90 Å². The second kappa shape index (κ2) is 11.3. The monoisotopic (exact) mass is 545 g/mol. The highest BCUT2D eigenvalue weighted by atomic mass is 31.2. The summed E-state index contributed by atoms with van der Waals surface area (Å²) in [7, 11) is -4.26. The van der Waals surface area contributed by atoms with Crippen LogP contribution in [-0.2, 0) is 23.4 Å². The third kappa shape index (κ3) is 6.96. The van der Waals surface area contributed by atoms with Crippen LogP contribution < -0.4 is 20.7 Å². The van der Waals surface area contributed by atoms with Gasteiger partial charge in [-0.2, -0.15) is 10.1 Å². The Kier molecular flexibility index (Phi) is 8.80. The molecule has 1 aromatic carbocycles. The Morgan fingerprint density at radius 1 is 1.32 bits per heavy atom. The minimum absolute atomic E-state index is 0.174. The highest BCUT2D eigenvalue weighted by molar-refractivity contribution is 7.52. The average Bonchev–Trinajstić information content (AvgIpc) is 3.05. The molecule has 6 atom stereocenters. The van der Waals surface area contributed by atoms with Crippen molar-refractivity contribution in [1.82, 2.24) is 15.3 Å². The fourth-order valence-corrected chi connectivity index (χ4v) is 5.17. The van der Waals surface area contributed by atoms with E-state index in [4.69, 9.17) is 24.3 Å². The molecular weight excluding hydrogens is 513 g/mol. The number of nitrogens with zero attached hydrogens (tertiary/aromatic N) is 2. The van der Waals surface area contributed by atoms with Gasteiger partial charge in [-0.05, 0) is 32.9 Å². The number of ether oxygens (including phenoxy) is 2. The molecule has 2 heterocycles. The molecule has 0 aliphatic carbocycles. The molecule has 6 unspecified atom stereocenters. The second-order valence-electron chi connectivity index (χ2n) is 8.85. The standard InChI is InChI=1S/C21H32N5O10P/c1-11(2)34-18(28)13(4)25-37(32,36-14-8-6-5-7-9-14)33-10-15-16(27)12(3)17(35-15)26-20(29)23-19(22)24-21(26,30)31/h5-9,11-13,15-17,27,30-31H,10H2,1-4H3,(H,25,32)(H3,22,23,24,29). The lowest BCUT2D eigenvalue weighted by Crippen LogP contribution is -2.65. The van der Waals surface area contributed by atoms with Crippen LogP contribution in [-0.4, -0.2) is 81.4 Å². The Hall–Kier alpha value is -2.78. The first-order valence-corrected chi connectivity index (χ1v) is 13.0. The number of rotatable bonds is 10. The normalized spacial score (nSPS) is 27.7. The molecule has 2 amide bonds. The summed E-state index contributed by atoms with van der Waals surface area (Å²) in [6.45, 7) is 5.69. The van der Waals surface area contributed by atoms with Crippen molar-refractivity contribution in [2.24, 2.45) is 16.6 Å². The van der Waals surface area contributed by atoms with Crippen molar-refractivity contribution in [1.29, 1.82) is 0 Å². The lowest BCUT2D eigenvalue weighted by molar-refractivity contribution is -0.280. The fraction of sp³-hybridized carbons (Fsp3) is 0.571. The van der Waals surface area contributed by atoms with Crippen LogP contribution in [0.5, 0.6) is 5.75 Å². The molecule has 0 saturated carbocycles. The van der Waals surface area contributed by atoms with Crippen LogP contribution in [0.4, 0.5) is 4.79 Å². The van der Waals surface area contributed by atoms with Gasteiger partial charge in [0.1, 0.15) is 24.1 Å². The number of aliphatic hydroxyl groups is 3. The number of urea groups is 1. The number of aliphatic imine (C=N–C) groups is 1. The molecule has 0 bridgehead atoms. The van der Waals surface area contributed by atoms with E-state index in [9.17, 15) is 29.5 Å². The maximum atomic E-state index is 13.6. The number of carbonyl (C=O) groups is 2. The quantitative estimate of drug-likeness (QED) is 0.128. The summed E-state index contributed by atoms with van der Waals surface area (Å²) in [5, 5.41) is 35.8. The average molecular weight is 545 g/mol. The van der Waals surface area contributed by atoms with E-state index in [1.54, 1.807) is 32.0 Å². The topological polar surface area (TPSA) is 214 Å². The number of benzene rings is 1. The van der Waals surface area contributed by atoms with Gasteiger partial charge in [0.25, 0.3) is 0 Å². The van der Waals surface area contributed by atoms with Crippen molar-refractivity contribution < 1.29 is 48.0 Å². The molecule has 2 aliphatic heterocycles. The smallest absolute Gasteiger partial charge is 0.459 e. The summed E-state index contributed by atoms with van der Waals surface area (Å²) < 4.78 is 35.5. The number of carbonyl (C=O) groups excluding carboxylic acids is 2. The third-order valence-electron chi connectivity index (χ3n) is 5.42. The first kappa shape index (κ1) is 28.8. The molecule has 1 aromatic rings. The molecule has 15 nitrogen and oxygen atoms in total. The summed E-state index contributed by atoms with van der Waals surface area (Å²) in [5.74, 6) is -1.91. The van der Waals surface area contributed by atoms with Crippen LogP contribution in [0, 0.1) is 5.92 Å². The highest BCUT2D eigenvalue weighted by Crippen LogP contribution is 2.46. The zero-order valence-corrected chi connectivity index (χ0v) is 21.6. The summed E-state index contributed by atoms with van der Waals surface area (Å²) in [6.07, 6.45) is -4.29. The summed E-state index contributed by atoms with van der Waals surface area (Å²) in [6, 6.07) is 2.88. The minimum Gasteiger partial charge on any atom is -0.462 e. The van der Waals surface area contributed by atoms with E-state index < -0.39 is 74.8 Å². The first-order chi connectivity index (χ1) is 17.2. The zero-order chi connectivity index (χ0) is 27.5. The lowest BCUT2D eigenvalue weighted by Gasteiger charge is -2.39. The Balaban J connectivity index is 1.76. The van der Waals surface area contributed by atoms with E-state index in [0.717, 1.165) is 0 Å². The molecule has 206 valence electrons. The van der Waals surface area contributed by atoms with Gasteiger partial charge in [0.15, 0.2) is 0 Å². The molecule has 2 aliphatic rings. The number of hydrogen-bond acceptors (Lipinski definition) is 12. The van der Waals surface area contributed by atoms with E-state index in [-0.39, 0.29) is 5.75 Å². The Bertz CT molecular complexity index is 1060. The summed E-state index contributed by atoms with van der Waals surface area (Å²) >= 11 is 0. The van der Waals surface area contributed by atoms with Gasteiger partial charge in [0.2, 0.25) is 5.96 Å². The van der Waals surface area contributed by atoms with Crippen molar-refractivity contribution in [2.75, 3.05) is 6.61 Å². The van der Waals surface area contributed by atoms with E-state index in [1.807, 2.05) is 0 Å². The fourth-order valence-electron chi connectivity index (χ4n) is 3.67. The number of esters is 1. The molecule has 3 rings (SSSR count). The number of guanidine groups is 1. The largest absolute Gasteiger partial charge is 0.462 e. The summed E-state index contributed by atoms with van der Waals surface area (Å²) in [4.78, 5) is 28.5. The van der Waals surface area contributed by atoms with Crippen molar-refractivity contribution in [3.63, 3.8) is 0 Å². The highest BCUT2D eigenvalue weighted by Gasteiger charge is 2.53. The Morgan fingerprint density at radius 3 is 2.57 bits per heavy atom. The summed E-state index contributed by atoms with van der Waals surface area (Å²) in [5.41, 5.74) is 5.37. The van der Waals surface area contributed by atoms with Gasteiger partial charge >= 0.3 is 25.8 Å². The van der Waals surface area contributed by atoms with Crippen LogP contribution in [0.3, 0.4) is 0 Å². The van der Waals surface area contributed by atoms with Gasteiger partial charge in [-0.1, -0.05) is 25.1 Å². The number of para-hydroxylation sites is 1. The number of nitrogens with one attached hydrogen (secondary N) is 2. The second-order valence-corrected chi connectivity index (χ2v) is 10.5. The zero-order valence-electron chi connectivity index (χ0n) is 20.7. The maximum Gasteiger partial charge on any atom is 0.459 e. The van der Waals surface area contributed by atoms with Gasteiger partial charge < -0.3 is 35.1 Å². The SMILES string of the molecule is CC(C)OC(=O)C(C)NP(=O)(OCC1OC(N2C(=O)NC(N)=NC2(O)O)C(C)C1O)Oc1ccccc1. The van der Waals surface area contributed by atoms with Crippen LogP contribution in [0.1, 0.15) is 27.7 Å². The van der Waals surface area contributed by atoms with Crippen LogP contribution in [0.25, 0.3) is 0 Å². The molecule has 16 heteroatoms. The van der Waals surface area contributed by atoms with Crippen molar-refractivity contribution in [3.05, 3.63) is 30.3 Å². The number of aliphatic hydroxyl groups excluding tert-OH is 1. The van der Waals surface area contributed by atoms with Crippen molar-refractivity contribution >= 4 is 25.7 Å². The number of amides is 2. The van der Waals surface area contributed by atoms with Gasteiger partial charge in [0.05, 0.1) is 18.8 Å². The molecular formula is C21H32N5O10P. The molecule has 0 spiro atoms. The van der Waals surface area contributed by atoms with Crippen LogP contribution in [0.15, 0.2) is 35.3 Å². The number of hydrogen-bond donors (Lipinski definition) is 6. The van der Waals surface area contributed by atoms with E-state index in [2.05, 4.69) is 15.4 Å². The Labute approximate surface area is 213 Å². The van der Waals surface area contributed by atoms with Gasteiger partial charge in [0, 0.05) is 5.92 Å². The van der Waals surface area contributed by atoms with Crippen LogP contribution >= 0.6 is 7.75 Å². The van der Waals surface area contributed by atoms with Crippen molar-refractivity contribution in [2.45, 2.75) is 64.3 Å².